The predicted octanol–water partition coefficient (Wildman–Crippen LogP) is 3.51. The number of unbranched alkanes of at least 4 members (excludes halogenated alkanes) is 2. The van der Waals surface area contributed by atoms with Gasteiger partial charge in [-0.1, -0.05) is 58.7 Å². The summed E-state index contributed by atoms with van der Waals surface area (Å²) in [5.41, 5.74) is 5.30. The van der Waals surface area contributed by atoms with Crippen LogP contribution < -0.4 is 5.73 Å². The minimum absolute atomic E-state index is 0.111. The first-order chi connectivity index (χ1) is 8.96. The molecule has 0 heterocycles. The molecule has 19 heavy (non-hydrogen) atoms. The quantitative estimate of drug-likeness (QED) is 0.494. The summed E-state index contributed by atoms with van der Waals surface area (Å²) in [5.74, 6) is 0.111. The van der Waals surface area contributed by atoms with Gasteiger partial charge in [0.05, 0.1) is 10.4 Å². The van der Waals surface area contributed by atoms with E-state index >= 15 is 0 Å². The Morgan fingerprint density at radius 3 is 2.00 bits per heavy atom. The smallest absolute Gasteiger partial charge is 0.235 e. The number of hydrogen-bond donors (Lipinski definition) is 1. The number of rotatable bonds is 10. The van der Waals surface area contributed by atoms with Crippen molar-refractivity contribution in [2.75, 3.05) is 13.6 Å². The molecule has 0 saturated heterocycles. The van der Waals surface area contributed by atoms with E-state index in [1.54, 1.807) is 0 Å². The maximum Gasteiger partial charge on any atom is 0.235 e. The molecular formula is C15H30N2OS. The highest BCUT2D eigenvalue weighted by atomic mass is 32.1. The van der Waals surface area contributed by atoms with Crippen LogP contribution in [-0.4, -0.2) is 29.4 Å². The molecule has 0 aliphatic rings. The summed E-state index contributed by atoms with van der Waals surface area (Å²) in [7, 11) is 1.87. The molecule has 0 aliphatic carbocycles. The predicted molar refractivity (Wildman–Crippen MR) is 86.2 cm³/mol. The Labute approximate surface area is 123 Å². The Morgan fingerprint density at radius 1 is 1.11 bits per heavy atom. The lowest BCUT2D eigenvalue weighted by atomic mass is 9.77. The van der Waals surface area contributed by atoms with Crippen molar-refractivity contribution < 1.29 is 4.79 Å². The second-order valence-electron chi connectivity index (χ2n) is 5.38. The lowest BCUT2D eigenvalue weighted by Gasteiger charge is -2.35. The largest absolute Gasteiger partial charge is 0.392 e. The second-order valence-corrected chi connectivity index (χ2v) is 5.82. The number of nitrogens with zero attached hydrogens (tertiary/aromatic N) is 1. The van der Waals surface area contributed by atoms with Gasteiger partial charge in [0, 0.05) is 13.6 Å². The molecule has 0 aromatic heterocycles. The maximum absolute atomic E-state index is 12.7. The van der Waals surface area contributed by atoms with Crippen LogP contribution in [0.3, 0.4) is 0 Å². The normalized spacial score (nSPS) is 11.4. The summed E-state index contributed by atoms with van der Waals surface area (Å²) in [6.45, 7) is 7.11. The van der Waals surface area contributed by atoms with Crippen molar-refractivity contribution in [2.45, 2.75) is 65.7 Å². The van der Waals surface area contributed by atoms with E-state index in [1.165, 1.54) is 0 Å². The van der Waals surface area contributed by atoms with E-state index in [4.69, 9.17) is 18.0 Å². The zero-order chi connectivity index (χ0) is 14.9. The van der Waals surface area contributed by atoms with Gasteiger partial charge in [0.25, 0.3) is 0 Å². The van der Waals surface area contributed by atoms with Crippen molar-refractivity contribution in [3.63, 3.8) is 0 Å². The fourth-order valence-corrected chi connectivity index (χ4v) is 2.90. The van der Waals surface area contributed by atoms with Gasteiger partial charge >= 0.3 is 0 Å². The Balaban J connectivity index is 4.91. The van der Waals surface area contributed by atoms with Crippen LogP contribution in [0.2, 0.25) is 0 Å². The van der Waals surface area contributed by atoms with Crippen LogP contribution >= 0.6 is 12.2 Å². The molecule has 0 fully saturated rings. The number of thiocarbonyl (C=S) groups is 1. The van der Waals surface area contributed by atoms with Crippen LogP contribution in [0.5, 0.6) is 0 Å². The standard InChI is InChI=1S/C15H30N2OS/c1-5-8-9-12-17(4)14(18)15(10-6-2,11-7-3)13(16)19/h5-12H2,1-4H3,(H2,16,19). The van der Waals surface area contributed by atoms with E-state index in [2.05, 4.69) is 20.8 Å². The third-order valence-electron chi connectivity index (χ3n) is 3.68. The summed E-state index contributed by atoms with van der Waals surface area (Å²) in [6, 6.07) is 0. The van der Waals surface area contributed by atoms with Gasteiger partial charge in [-0.15, -0.1) is 0 Å². The van der Waals surface area contributed by atoms with Gasteiger partial charge in [-0.3, -0.25) is 4.79 Å². The summed E-state index contributed by atoms with van der Waals surface area (Å²) < 4.78 is 0. The fraction of sp³-hybridized carbons (Fsp3) is 0.867. The topological polar surface area (TPSA) is 46.3 Å². The molecule has 3 nitrogen and oxygen atoms in total. The molecule has 112 valence electrons. The van der Waals surface area contributed by atoms with E-state index in [1.807, 2.05) is 11.9 Å². The molecule has 4 heteroatoms. The van der Waals surface area contributed by atoms with Gasteiger partial charge in [-0.05, 0) is 19.3 Å². The van der Waals surface area contributed by atoms with Gasteiger partial charge in [-0.25, -0.2) is 0 Å². The van der Waals surface area contributed by atoms with Crippen molar-refractivity contribution in [3.05, 3.63) is 0 Å². The van der Waals surface area contributed by atoms with Crippen molar-refractivity contribution >= 4 is 23.1 Å². The second kappa shape index (κ2) is 9.29. The number of hydrogen-bond acceptors (Lipinski definition) is 2. The van der Waals surface area contributed by atoms with E-state index < -0.39 is 5.41 Å². The highest BCUT2D eigenvalue weighted by molar-refractivity contribution is 7.80. The summed E-state index contributed by atoms with van der Waals surface area (Å²) in [6.07, 6.45) is 6.72. The third kappa shape index (κ3) is 5.09. The van der Waals surface area contributed by atoms with Crippen LogP contribution in [0.25, 0.3) is 0 Å². The van der Waals surface area contributed by atoms with Crippen molar-refractivity contribution in [1.82, 2.24) is 4.90 Å². The Morgan fingerprint density at radius 2 is 1.63 bits per heavy atom. The highest BCUT2D eigenvalue weighted by Crippen LogP contribution is 2.32. The molecule has 0 spiro atoms. The Kier molecular flexibility index (Phi) is 8.98. The molecule has 0 aromatic rings. The third-order valence-corrected chi connectivity index (χ3v) is 4.07. The van der Waals surface area contributed by atoms with Gasteiger partial charge in [0.1, 0.15) is 0 Å². The first-order valence-electron chi connectivity index (χ1n) is 7.51. The summed E-state index contributed by atoms with van der Waals surface area (Å²) in [4.78, 5) is 14.9. The molecule has 0 aliphatic heterocycles. The lowest BCUT2D eigenvalue weighted by Crippen LogP contribution is -2.49. The van der Waals surface area contributed by atoms with E-state index in [0.29, 0.717) is 4.99 Å². The van der Waals surface area contributed by atoms with Crippen LogP contribution in [0, 0.1) is 5.41 Å². The van der Waals surface area contributed by atoms with Crippen molar-refractivity contribution in [3.8, 4) is 0 Å². The van der Waals surface area contributed by atoms with Crippen molar-refractivity contribution in [1.29, 1.82) is 0 Å². The first kappa shape index (κ1) is 18.4. The molecular weight excluding hydrogens is 256 g/mol. The van der Waals surface area contributed by atoms with E-state index in [9.17, 15) is 4.79 Å². The number of amides is 1. The van der Waals surface area contributed by atoms with Gasteiger partial charge in [-0.2, -0.15) is 0 Å². The summed E-state index contributed by atoms with van der Waals surface area (Å²) >= 11 is 5.22. The van der Waals surface area contributed by atoms with Gasteiger partial charge in [0.2, 0.25) is 5.91 Å². The fourth-order valence-electron chi connectivity index (χ4n) is 2.61. The lowest BCUT2D eigenvalue weighted by molar-refractivity contribution is -0.137. The van der Waals surface area contributed by atoms with E-state index in [-0.39, 0.29) is 5.91 Å². The van der Waals surface area contributed by atoms with Gasteiger partial charge < -0.3 is 10.6 Å². The molecule has 0 atom stereocenters. The molecule has 0 aromatic carbocycles. The molecule has 1 amide bonds. The van der Waals surface area contributed by atoms with Crippen LogP contribution in [-0.2, 0) is 4.79 Å². The molecule has 0 radical (unpaired) electrons. The number of carbonyl (C=O) groups is 1. The zero-order valence-electron chi connectivity index (χ0n) is 13.0. The van der Waals surface area contributed by atoms with Crippen LogP contribution in [0.1, 0.15) is 65.7 Å². The highest BCUT2D eigenvalue weighted by Gasteiger charge is 2.41. The molecule has 2 N–H and O–H groups in total. The number of carbonyl (C=O) groups excluding carboxylic acids is 1. The average Bonchev–Trinajstić information content (AvgIpc) is 2.37. The monoisotopic (exact) mass is 286 g/mol. The Bertz CT molecular complexity index is 286. The molecule has 0 unspecified atom stereocenters. The molecule has 0 rings (SSSR count). The van der Waals surface area contributed by atoms with Gasteiger partial charge in [0.15, 0.2) is 0 Å². The minimum Gasteiger partial charge on any atom is -0.392 e. The minimum atomic E-state index is -0.625. The molecule has 0 bridgehead atoms. The number of nitrogens with two attached hydrogens (primary N) is 1. The van der Waals surface area contributed by atoms with Crippen LogP contribution in [0.4, 0.5) is 0 Å². The first-order valence-corrected chi connectivity index (χ1v) is 7.92. The maximum atomic E-state index is 12.7. The van der Waals surface area contributed by atoms with Crippen LogP contribution in [0.15, 0.2) is 0 Å². The SMILES string of the molecule is CCCCCN(C)C(=O)C(CCC)(CCC)C(N)=S. The van der Waals surface area contributed by atoms with E-state index in [0.717, 1.165) is 51.5 Å². The average molecular weight is 286 g/mol. The Hall–Kier alpha value is -0.640. The zero-order valence-corrected chi connectivity index (χ0v) is 13.8. The molecule has 0 saturated carbocycles. The summed E-state index contributed by atoms with van der Waals surface area (Å²) in [5, 5.41) is 0. The van der Waals surface area contributed by atoms with Crippen molar-refractivity contribution in [2.24, 2.45) is 11.1 Å².